The van der Waals surface area contributed by atoms with Gasteiger partial charge in [0.25, 0.3) is 0 Å². The van der Waals surface area contributed by atoms with Gasteiger partial charge in [0.1, 0.15) is 0 Å². The van der Waals surface area contributed by atoms with Crippen molar-refractivity contribution in [3.05, 3.63) is 34.4 Å². The molecule has 1 aromatic rings. The summed E-state index contributed by atoms with van der Waals surface area (Å²) in [6.45, 7) is 11.6. The molecule has 0 aliphatic heterocycles. The minimum Gasteiger partial charge on any atom is -0.330 e. The quantitative estimate of drug-likeness (QED) is 0.741. The van der Waals surface area contributed by atoms with Crippen molar-refractivity contribution in [3.63, 3.8) is 0 Å². The SMILES string of the molecule is Cc1ccc(CCNCC(C)CN)c(C)c1C. The standard InChI is InChI=1S/C15H26N2/c1-11(9-16)10-17-8-7-15-6-5-12(2)13(3)14(15)4/h5-6,11,17H,7-10,16H2,1-4H3. The second-order valence-corrected chi connectivity index (χ2v) is 5.09. The van der Waals surface area contributed by atoms with Crippen molar-refractivity contribution in [1.29, 1.82) is 0 Å². The molecule has 0 bridgehead atoms. The molecule has 17 heavy (non-hydrogen) atoms. The van der Waals surface area contributed by atoms with Crippen molar-refractivity contribution in [2.45, 2.75) is 34.1 Å². The van der Waals surface area contributed by atoms with Gasteiger partial charge in [-0.25, -0.2) is 0 Å². The van der Waals surface area contributed by atoms with E-state index in [2.05, 4.69) is 45.1 Å². The van der Waals surface area contributed by atoms with Gasteiger partial charge >= 0.3 is 0 Å². The van der Waals surface area contributed by atoms with Crippen molar-refractivity contribution in [1.82, 2.24) is 5.32 Å². The lowest BCUT2D eigenvalue weighted by Gasteiger charge is -2.13. The molecule has 0 saturated carbocycles. The highest BCUT2D eigenvalue weighted by Crippen LogP contribution is 2.17. The van der Waals surface area contributed by atoms with Gasteiger partial charge in [-0.1, -0.05) is 19.1 Å². The molecule has 2 nitrogen and oxygen atoms in total. The number of rotatable bonds is 6. The minimum absolute atomic E-state index is 0.566. The smallest absolute Gasteiger partial charge is 0.000813 e. The zero-order chi connectivity index (χ0) is 12.8. The van der Waals surface area contributed by atoms with E-state index >= 15 is 0 Å². The molecule has 0 aliphatic rings. The fourth-order valence-corrected chi connectivity index (χ4v) is 1.94. The molecule has 0 spiro atoms. The van der Waals surface area contributed by atoms with Crippen LogP contribution in [0.15, 0.2) is 12.1 Å². The predicted molar refractivity (Wildman–Crippen MR) is 75.4 cm³/mol. The number of hydrogen-bond acceptors (Lipinski definition) is 2. The van der Waals surface area contributed by atoms with E-state index in [-0.39, 0.29) is 0 Å². The lowest BCUT2D eigenvalue weighted by atomic mass is 9.97. The largest absolute Gasteiger partial charge is 0.330 e. The van der Waals surface area contributed by atoms with Crippen LogP contribution in [0.3, 0.4) is 0 Å². The molecular formula is C15H26N2. The Kier molecular flexibility index (Phi) is 5.66. The lowest BCUT2D eigenvalue weighted by Crippen LogP contribution is -2.27. The van der Waals surface area contributed by atoms with Gasteiger partial charge in [0.05, 0.1) is 0 Å². The van der Waals surface area contributed by atoms with Crippen LogP contribution >= 0.6 is 0 Å². The highest BCUT2D eigenvalue weighted by molar-refractivity contribution is 5.38. The second kappa shape index (κ2) is 6.77. The molecule has 0 aromatic heterocycles. The summed E-state index contributed by atoms with van der Waals surface area (Å²) in [4.78, 5) is 0. The van der Waals surface area contributed by atoms with Crippen molar-refractivity contribution >= 4 is 0 Å². The van der Waals surface area contributed by atoms with Crippen LogP contribution in [0.25, 0.3) is 0 Å². The molecule has 0 amide bonds. The average Bonchev–Trinajstić information content (AvgIpc) is 2.33. The van der Waals surface area contributed by atoms with Gasteiger partial charge in [-0.05, 0) is 75.0 Å². The van der Waals surface area contributed by atoms with E-state index in [9.17, 15) is 0 Å². The maximum atomic E-state index is 5.59. The topological polar surface area (TPSA) is 38.0 Å². The first-order valence-electron chi connectivity index (χ1n) is 6.52. The summed E-state index contributed by atoms with van der Waals surface area (Å²) in [6.07, 6.45) is 1.10. The van der Waals surface area contributed by atoms with Gasteiger partial charge in [0.15, 0.2) is 0 Å². The average molecular weight is 234 g/mol. The monoisotopic (exact) mass is 234 g/mol. The Morgan fingerprint density at radius 1 is 1.18 bits per heavy atom. The van der Waals surface area contributed by atoms with Crippen molar-refractivity contribution in [2.75, 3.05) is 19.6 Å². The van der Waals surface area contributed by atoms with Gasteiger partial charge in [0.2, 0.25) is 0 Å². The molecule has 1 atom stereocenters. The molecule has 1 aromatic carbocycles. The predicted octanol–water partition coefficient (Wildman–Crippen LogP) is 2.34. The van der Waals surface area contributed by atoms with Crippen LogP contribution in [0, 0.1) is 26.7 Å². The highest BCUT2D eigenvalue weighted by atomic mass is 14.9. The molecular weight excluding hydrogens is 208 g/mol. The van der Waals surface area contributed by atoms with Crippen LogP contribution in [0.4, 0.5) is 0 Å². The maximum Gasteiger partial charge on any atom is -0.000813 e. The fourth-order valence-electron chi connectivity index (χ4n) is 1.94. The van der Waals surface area contributed by atoms with Crippen LogP contribution in [0.2, 0.25) is 0 Å². The first-order chi connectivity index (χ1) is 8.06. The summed E-state index contributed by atoms with van der Waals surface area (Å²) in [5.74, 6) is 0.566. The number of nitrogens with two attached hydrogens (primary N) is 1. The van der Waals surface area contributed by atoms with Crippen LogP contribution in [0.5, 0.6) is 0 Å². The number of aryl methyl sites for hydroxylation is 1. The molecule has 0 heterocycles. The molecule has 1 rings (SSSR count). The third-order valence-corrected chi connectivity index (χ3v) is 3.64. The van der Waals surface area contributed by atoms with E-state index in [1.54, 1.807) is 0 Å². The maximum absolute atomic E-state index is 5.59. The first-order valence-corrected chi connectivity index (χ1v) is 6.52. The van der Waals surface area contributed by atoms with E-state index in [4.69, 9.17) is 5.73 Å². The summed E-state index contributed by atoms with van der Waals surface area (Å²) in [7, 11) is 0. The molecule has 0 radical (unpaired) electrons. The number of nitrogens with one attached hydrogen (secondary N) is 1. The van der Waals surface area contributed by atoms with Crippen molar-refractivity contribution < 1.29 is 0 Å². The molecule has 3 N–H and O–H groups in total. The van der Waals surface area contributed by atoms with Gasteiger partial charge in [-0.15, -0.1) is 0 Å². The number of hydrogen-bond donors (Lipinski definition) is 2. The van der Waals surface area contributed by atoms with Crippen LogP contribution in [-0.4, -0.2) is 19.6 Å². The summed E-state index contributed by atoms with van der Waals surface area (Å²) >= 11 is 0. The molecule has 0 saturated heterocycles. The van der Waals surface area contributed by atoms with E-state index in [0.29, 0.717) is 5.92 Å². The molecule has 96 valence electrons. The Morgan fingerprint density at radius 2 is 1.88 bits per heavy atom. The fraction of sp³-hybridized carbons (Fsp3) is 0.600. The van der Waals surface area contributed by atoms with E-state index in [1.807, 2.05) is 0 Å². The molecule has 0 fully saturated rings. The van der Waals surface area contributed by atoms with Gasteiger partial charge in [-0.2, -0.15) is 0 Å². The minimum atomic E-state index is 0.566. The summed E-state index contributed by atoms with van der Waals surface area (Å²) in [5.41, 5.74) is 11.3. The first kappa shape index (κ1) is 14.2. The third kappa shape index (κ3) is 4.14. The Morgan fingerprint density at radius 3 is 2.53 bits per heavy atom. The second-order valence-electron chi connectivity index (χ2n) is 5.09. The zero-order valence-corrected chi connectivity index (χ0v) is 11.6. The lowest BCUT2D eigenvalue weighted by molar-refractivity contribution is 0.524. The Labute approximate surface area is 106 Å². The summed E-state index contributed by atoms with van der Waals surface area (Å²) < 4.78 is 0. The van der Waals surface area contributed by atoms with Crippen LogP contribution < -0.4 is 11.1 Å². The van der Waals surface area contributed by atoms with E-state index < -0.39 is 0 Å². The number of benzene rings is 1. The van der Waals surface area contributed by atoms with Crippen molar-refractivity contribution in [2.24, 2.45) is 11.7 Å². The van der Waals surface area contributed by atoms with E-state index in [0.717, 1.165) is 26.1 Å². The summed E-state index contributed by atoms with van der Waals surface area (Å²) in [5, 5.41) is 3.47. The molecule has 0 aliphatic carbocycles. The van der Waals surface area contributed by atoms with Crippen LogP contribution in [0.1, 0.15) is 29.2 Å². The van der Waals surface area contributed by atoms with Gasteiger partial charge < -0.3 is 11.1 Å². The normalized spacial score (nSPS) is 12.8. The van der Waals surface area contributed by atoms with Gasteiger partial charge in [0, 0.05) is 0 Å². The highest BCUT2D eigenvalue weighted by Gasteiger charge is 2.04. The van der Waals surface area contributed by atoms with Crippen molar-refractivity contribution in [3.8, 4) is 0 Å². The zero-order valence-electron chi connectivity index (χ0n) is 11.6. The molecule has 1 unspecified atom stereocenters. The molecule has 2 heteroatoms. The van der Waals surface area contributed by atoms with Gasteiger partial charge in [-0.3, -0.25) is 0 Å². The Hall–Kier alpha value is -0.860. The Bertz CT molecular complexity index is 358. The summed E-state index contributed by atoms with van der Waals surface area (Å²) in [6, 6.07) is 4.48. The third-order valence-electron chi connectivity index (χ3n) is 3.64. The Balaban J connectivity index is 2.45. The van der Waals surface area contributed by atoms with Crippen LogP contribution in [-0.2, 0) is 6.42 Å². The van der Waals surface area contributed by atoms with E-state index in [1.165, 1.54) is 22.3 Å².